The Labute approximate surface area is 116 Å². The summed E-state index contributed by atoms with van der Waals surface area (Å²) in [4.78, 5) is 11.7. The molecular formula is C13H10F3NO2S. The second kappa shape index (κ2) is 5.16. The van der Waals surface area contributed by atoms with Gasteiger partial charge in [0, 0.05) is 17.0 Å². The lowest BCUT2D eigenvalue weighted by atomic mass is 10.1. The predicted octanol–water partition coefficient (Wildman–Crippen LogP) is 3.51. The molecule has 0 amide bonds. The molecular weight excluding hydrogens is 291 g/mol. The van der Waals surface area contributed by atoms with Gasteiger partial charge in [-0.05, 0) is 12.5 Å². The summed E-state index contributed by atoms with van der Waals surface area (Å²) >= 11 is 0.804. The van der Waals surface area contributed by atoms with Crippen LogP contribution in [0.5, 0.6) is 0 Å². The summed E-state index contributed by atoms with van der Waals surface area (Å²) in [7, 11) is 1.18. The number of benzene rings is 1. The van der Waals surface area contributed by atoms with Crippen molar-refractivity contribution in [2.24, 2.45) is 0 Å². The Kier molecular flexibility index (Phi) is 3.71. The molecule has 0 unspecified atom stereocenters. The van der Waals surface area contributed by atoms with Crippen LogP contribution in [-0.2, 0) is 4.74 Å². The van der Waals surface area contributed by atoms with Gasteiger partial charge in [0.15, 0.2) is 0 Å². The lowest BCUT2D eigenvalue weighted by Gasteiger charge is -2.04. The van der Waals surface area contributed by atoms with Crippen LogP contribution in [0, 0.1) is 24.4 Å². The highest BCUT2D eigenvalue weighted by molar-refractivity contribution is 7.18. The number of esters is 1. The van der Waals surface area contributed by atoms with Gasteiger partial charge in [0.1, 0.15) is 22.3 Å². The van der Waals surface area contributed by atoms with Crippen molar-refractivity contribution < 1.29 is 22.7 Å². The molecule has 7 heteroatoms. The predicted molar refractivity (Wildman–Crippen MR) is 70.1 cm³/mol. The zero-order valence-corrected chi connectivity index (χ0v) is 11.4. The molecule has 2 N–H and O–H groups in total. The van der Waals surface area contributed by atoms with E-state index in [-0.39, 0.29) is 15.4 Å². The molecule has 0 bridgehead atoms. The maximum Gasteiger partial charge on any atom is 0.350 e. The van der Waals surface area contributed by atoms with Crippen molar-refractivity contribution in [3.63, 3.8) is 0 Å². The highest BCUT2D eigenvalue weighted by Crippen LogP contribution is 2.40. The summed E-state index contributed by atoms with van der Waals surface area (Å²) in [6, 6.07) is 1.15. The van der Waals surface area contributed by atoms with Crippen molar-refractivity contribution in [2.75, 3.05) is 12.8 Å². The Morgan fingerprint density at radius 3 is 2.30 bits per heavy atom. The van der Waals surface area contributed by atoms with Crippen LogP contribution in [0.3, 0.4) is 0 Å². The smallest absolute Gasteiger partial charge is 0.350 e. The Morgan fingerprint density at radius 2 is 1.80 bits per heavy atom. The fourth-order valence-corrected chi connectivity index (χ4v) is 2.96. The van der Waals surface area contributed by atoms with Gasteiger partial charge >= 0.3 is 5.97 Å². The fraction of sp³-hybridized carbons (Fsp3) is 0.154. The molecule has 0 atom stereocenters. The van der Waals surface area contributed by atoms with E-state index in [0.717, 1.165) is 11.3 Å². The van der Waals surface area contributed by atoms with E-state index in [0.29, 0.717) is 17.7 Å². The van der Waals surface area contributed by atoms with E-state index < -0.39 is 29.0 Å². The van der Waals surface area contributed by atoms with Crippen LogP contribution in [0.15, 0.2) is 12.1 Å². The van der Waals surface area contributed by atoms with Crippen molar-refractivity contribution in [3.8, 4) is 10.4 Å². The van der Waals surface area contributed by atoms with Gasteiger partial charge in [0.05, 0.1) is 18.4 Å². The maximum atomic E-state index is 13.8. The first-order valence-electron chi connectivity index (χ1n) is 5.49. The van der Waals surface area contributed by atoms with Gasteiger partial charge in [-0.2, -0.15) is 0 Å². The minimum atomic E-state index is -1.05. The van der Waals surface area contributed by atoms with Crippen LogP contribution in [0.25, 0.3) is 10.4 Å². The standard InChI is InChI=1S/C13H10F3NO2S/c1-5-10(17)12(13(18)19-2)20-11(5)9-7(15)3-6(14)4-8(9)16/h3-4H,17H2,1-2H3. The van der Waals surface area contributed by atoms with Crippen LogP contribution >= 0.6 is 11.3 Å². The number of hydrogen-bond donors (Lipinski definition) is 1. The van der Waals surface area contributed by atoms with Crippen LogP contribution in [-0.4, -0.2) is 13.1 Å². The number of ether oxygens (including phenoxy) is 1. The van der Waals surface area contributed by atoms with Gasteiger partial charge < -0.3 is 10.5 Å². The van der Waals surface area contributed by atoms with E-state index in [9.17, 15) is 18.0 Å². The average Bonchev–Trinajstić information content (AvgIpc) is 2.65. The zero-order chi connectivity index (χ0) is 15.0. The molecule has 0 aliphatic rings. The normalized spacial score (nSPS) is 10.7. The third-order valence-corrected chi connectivity index (χ3v) is 4.10. The molecule has 2 aromatic rings. The van der Waals surface area contributed by atoms with Gasteiger partial charge in [-0.15, -0.1) is 11.3 Å². The highest BCUT2D eigenvalue weighted by Gasteiger charge is 2.24. The Morgan fingerprint density at radius 1 is 1.25 bits per heavy atom. The molecule has 0 radical (unpaired) electrons. The molecule has 0 fully saturated rings. The van der Waals surface area contributed by atoms with Crippen molar-refractivity contribution in [1.82, 2.24) is 0 Å². The summed E-state index contributed by atoms with van der Waals surface area (Å²) in [5.74, 6) is -3.81. The van der Waals surface area contributed by atoms with Gasteiger partial charge in [0.2, 0.25) is 0 Å². The number of nitrogens with two attached hydrogens (primary N) is 1. The Balaban J connectivity index is 2.69. The molecule has 0 spiro atoms. The molecule has 20 heavy (non-hydrogen) atoms. The number of halogens is 3. The number of carbonyl (C=O) groups is 1. The van der Waals surface area contributed by atoms with Crippen molar-refractivity contribution in [1.29, 1.82) is 0 Å². The summed E-state index contributed by atoms with van der Waals surface area (Å²) in [6.45, 7) is 1.52. The van der Waals surface area contributed by atoms with Gasteiger partial charge in [-0.1, -0.05) is 0 Å². The number of rotatable bonds is 2. The molecule has 3 nitrogen and oxygen atoms in total. The number of methoxy groups -OCH3 is 1. The number of hydrogen-bond acceptors (Lipinski definition) is 4. The van der Waals surface area contributed by atoms with E-state index in [2.05, 4.69) is 4.74 Å². The SMILES string of the molecule is COC(=O)c1sc(-c2c(F)cc(F)cc2F)c(C)c1N. The van der Waals surface area contributed by atoms with E-state index in [1.54, 1.807) is 0 Å². The van der Waals surface area contributed by atoms with Gasteiger partial charge in [-0.3, -0.25) is 0 Å². The van der Waals surface area contributed by atoms with Crippen molar-refractivity contribution >= 4 is 23.0 Å². The quantitative estimate of drug-likeness (QED) is 0.864. The van der Waals surface area contributed by atoms with Crippen molar-refractivity contribution in [2.45, 2.75) is 6.92 Å². The third-order valence-electron chi connectivity index (χ3n) is 2.80. The first-order valence-corrected chi connectivity index (χ1v) is 6.30. The minimum absolute atomic E-state index is 0.0584. The van der Waals surface area contributed by atoms with Crippen LogP contribution in [0.2, 0.25) is 0 Å². The van der Waals surface area contributed by atoms with Gasteiger partial charge in [0.25, 0.3) is 0 Å². The lowest BCUT2D eigenvalue weighted by Crippen LogP contribution is -2.01. The summed E-state index contributed by atoms with van der Waals surface area (Å²) in [6.07, 6.45) is 0. The average molecular weight is 301 g/mol. The third kappa shape index (κ3) is 2.24. The summed E-state index contributed by atoms with van der Waals surface area (Å²) in [5, 5.41) is 0. The van der Waals surface area contributed by atoms with E-state index in [1.807, 2.05) is 0 Å². The number of thiophene rings is 1. The topological polar surface area (TPSA) is 52.3 Å². The first kappa shape index (κ1) is 14.4. The molecule has 2 rings (SSSR count). The largest absolute Gasteiger partial charge is 0.465 e. The van der Waals surface area contributed by atoms with Crippen LogP contribution in [0.1, 0.15) is 15.2 Å². The maximum absolute atomic E-state index is 13.8. The second-order valence-corrected chi connectivity index (χ2v) is 5.06. The first-order chi connectivity index (χ1) is 9.36. The molecule has 0 aliphatic carbocycles. The highest BCUT2D eigenvalue weighted by atomic mass is 32.1. The van der Waals surface area contributed by atoms with Gasteiger partial charge in [-0.25, -0.2) is 18.0 Å². The van der Waals surface area contributed by atoms with Crippen LogP contribution < -0.4 is 5.73 Å². The van der Waals surface area contributed by atoms with E-state index >= 15 is 0 Å². The minimum Gasteiger partial charge on any atom is -0.465 e. The molecule has 1 aromatic heterocycles. The van der Waals surface area contributed by atoms with E-state index in [4.69, 9.17) is 5.73 Å². The zero-order valence-electron chi connectivity index (χ0n) is 10.6. The molecule has 0 aliphatic heterocycles. The summed E-state index contributed by atoms with van der Waals surface area (Å²) < 4.78 is 45.0. The molecule has 1 heterocycles. The summed E-state index contributed by atoms with van der Waals surface area (Å²) in [5.41, 5.74) is 5.78. The lowest BCUT2D eigenvalue weighted by molar-refractivity contribution is 0.0607. The van der Waals surface area contributed by atoms with Crippen molar-refractivity contribution in [3.05, 3.63) is 40.0 Å². The van der Waals surface area contributed by atoms with Crippen LogP contribution in [0.4, 0.5) is 18.9 Å². The Hall–Kier alpha value is -2.02. The monoisotopic (exact) mass is 301 g/mol. The molecule has 1 aromatic carbocycles. The molecule has 0 saturated heterocycles. The molecule has 0 saturated carbocycles. The molecule has 106 valence electrons. The number of nitrogen functional groups attached to an aromatic ring is 1. The van der Waals surface area contributed by atoms with E-state index in [1.165, 1.54) is 14.0 Å². The fourth-order valence-electron chi connectivity index (χ4n) is 1.77. The number of carbonyl (C=O) groups excluding carboxylic acids is 1. The Bertz CT molecular complexity index is 674. The number of anilines is 1. The second-order valence-electron chi connectivity index (χ2n) is 4.04.